The number of hydrogen-bond donors (Lipinski definition) is 1. The van der Waals surface area contributed by atoms with Gasteiger partial charge in [-0.2, -0.15) is 13.2 Å². The molecule has 0 amide bonds. The summed E-state index contributed by atoms with van der Waals surface area (Å²) in [5, 5.41) is -0.108. The first-order valence-corrected chi connectivity index (χ1v) is 7.64. The minimum Gasteiger partial charge on any atom is -0.489 e. The zero-order valence-corrected chi connectivity index (χ0v) is 13.1. The Balaban J connectivity index is 2.32. The lowest BCUT2D eigenvalue weighted by Gasteiger charge is -2.38. The molecule has 0 bridgehead atoms. The van der Waals surface area contributed by atoms with Crippen molar-refractivity contribution in [3.8, 4) is 5.75 Å². The summed E-state index contributed by atoms with van der Waals surface area (Å²) in [5.41, 5.74) is -1.08. The molecule has 7 heteroatoms. The minimum absolute atomic E-state index is 0.0602. The summed E-state index contributed by atoms with van der Waals surface area (Å²) in [6.07, 6.45) is -2.14. The van der Waals surface area contributed by atoms with E-state index in [0.29, 0.717) is 18.3 Å². The van der Waals surface area contributed by atoms with Crippen molar-refractivity contribution >= 4 is 16.6 Å². The topological polar surface area (TPSA) is 45.3 Å². The van der Waals surface area contributed by atoms with E-state index in [0.717, 1.165) is 6.42 Å². The van der Waals surface area contributed by atoms with Crippen molar-refractivity contribution in [2.45, 2.75) is 25.6 Å². The van der Waals surface area contributed by atoms with Crippen LogP contribution in [0.5, 0.6) is 5.75 Å². The van der Waals surface area contributed by atoms with Crippen LogP contribution in [0.15, 0.2) is 35.6 Å². The number of aromatic nitrogens is 1. The van der Waals surface area contributed by atoms with Crippen LogP contribution in [-0.2, 0) is 6.18 Å². The summed E-state index contributed by atoms with van der Waals surface area (Å²) in [6, 6.07) is 3.81. The van der Waals surface area contributed by atoms with Crippen molar-refractivity contribution < 1.29 is 17.9 Å². The van der Waals surface area contributed by atoms with E-state index in [1.807, 2.05) is 11.8 Å². The maximum Gasteiger partial charge on any atom is 0.417 e. The Morgan fingerprint density at radius 1 is 1.46 bits per heavy atom. The number of H-pyrrole nitrogens is 1. The van der Waals surface area contributed by atoms with Gasteiger partial charge in [0.25, 0.3) is 0 Å². The summed E-state index contributed by atoms with van der Waals surface area (Å²) in [6.45, 7) is 6.50. The van der Waals surface area contributed by atoms with Gasteiger partial charge in [-0.05, 0) is 18.6 Å². The van der Waals surface area contributed by atoms with Crippen molar-refractivity contribution in [1.82, 2.24) is 4.98 Å². The number of nitrogens with zero attached hydrogens (tertiary/aromatic N) is 1. The third-order valence-electron chi connectivity index (χ3n) is 4.21. The van der Waals surface area contributed by atoms with E-state index in [-0.39, 0.29) is 29.3 Å². The molecular weight excluding hydrogens is 321 g/mol. The van der Waals surface area contributed by atoms with Gasteiger partial charge in [-0.1, -0.05) is 13.0 Å². The van der Waals surface area contributed by atoms with Crippen LogP contribution in [0, 0.1) is 0 Å². The van der Waals surface area contributed by atoms with Crippen molar-refractivity contribution in [3.63, 3.8) is 0 Å². The molecule has 0 radical (unpaired) electrons. The van der Waals surface area contributed by atoms with Gasteiger partial charge in [0, 0.05) is 12.6 Å². The second-order valence-electron chi connectivity index (χ2n) is 5.70. The van der Waals surface area contributed by atoms with Gasteiger partial charge in [0.2, 0.25) is 5.56 Å². The fraction of sp³-hybridized carbons (Fsp3) is 0.353. The van der Waals surface area contributed by atoms with Gasteiger partial charge in [-0.3, -0.25) is 4.79 Å². The van der Waals surface area contributed by atoms with Crippen molar-refractivity contribution in [2.24, 2.45) is 0 Å². The van der Waals surface area contributed by atoms with Gasteiger partial charge in [0.15, 0.2) is 5.75 Å². The molecule has 0 aliphatic carbocycles. The summed E-state index contributed by atoms with van der Waals surface area (Å²) in [7, 11) is 0. The van der Waals surface area contributed by atoms with E-state index in [4.69, 9.17) is 4.74 Å². The molecule has 1 N–H and O–H groups in total. The molecule has 1 atom stereocenters. The Bertz CT molecular complexity index is 842. The number of alkyl halides is 3. The Hall–Kier alpha value is -2.44. The Labute approximate surface area is 136 Å². The van der Waals surface area contributed by atoms with E-state index in [9.17, 15) is 18.0 Å². The first-order chi connectivity index (χ1) is 11.4. The molecule has 0 unspecified atom stereocenters. The first-order valence-electron chi connectivity index (χ1n) is 7.64. The molecule has 0 saturated carbocycles. The maximum atomic E-state index is 13.4. The highest BCUT2D eigenvalue weighted by Crippen LogP contribution is 2.44. The molecule has 4 nitrogen and oxygen atoms in total. The van der Waals surface area contributed by atoms with Crippen LogP contribution in [0.25, 0.3) is 10.9 Å². The van der Waals surface area contributed by atoms with Crippen molar-refractivity contribution in [3.05, 3.63) is 46.8 Å². The quantitative estimate of drug-likeness (QED) is 0.868. The molecule has 1 aromatic heterocycles. The number of halogens is 3. The van der Waals surface area contributed by atoms with Crippen LogP contribution >= 0.6 is 0 Å². The van der Waals surface area contributed by atoms with E-state index >= 15 is 0 Å². The fourth-order valence-corrected chi connectivity index (χ4v) is 3.10. The normalized spacial score (nSPS) is 17.5. The number of aromatic amines is 1. The predicted molar refractivity (Wildman–Crippen MR) is 86.7 cm³/mol. The summed E-state index contributed by atoms with van der Waals surface area (Å²) in [5.74, 6) is 0.155. The number of pyridine rings is 1. The van der Waals surface area contributed by atoms with E-state index in [1.165, 1.54) is 6.07 Å². The number of nitrogens with one attached hydrogen (secondary N) is 1. The molecule has 3 rings (SSSR count). The predicted octanol–water partition coefficient (Wildman–Crippen LogP) is 3.71. The van der Waals surface area contributed by atoms with Gasteiger partial charge in [-0.25, -0.2) is 0 Å². The molecule has 1 aliphatic rings. The minimum atomic E-state index is -4.64. The Morgan fingerprint density at radius 3 is 2.83 bits per heavy atom. The molecule has 1 aliphatic heterocycles. The largest absolute Gasteiger partial charge is 0.489 e. The first kappa shape index (κ1) is 16.4. The van der Waals surface area contributed by atoms with E-state index < -0.39 is 17.3 Å². The summed E-state index contributed by atoms with van der Waals surface area (Å²) in [4.78, 5) is 16.0. The van der Waals surface area contributed by atoms with Gasteiger partial charge in [-0.15, -0.1) is 6.58 Å². The summed E-state index contributed by atoms with van der Waals surface area (Å²) < 4.78 is 45.9. The Morgan fingerprint density at radius 2 is 2.21 bits per heavy atom. The van der Waals surface area contributed by atoms with Gasteiger partial charge in [0.1, 0.15) is 6.61 Å². The van der Waals surface area contributed by atoms with E-state index in [2.05, 4.69) is 11.6 Å². The second kappa shape index (κ2) is 5.89. The number of rotatable bonds is 3. The van der Waals surface area contributed by atoms with Crippen LogP contribution in [0.1, 0.15) is 18.9 Å². The van der Waals surface area contributed by atoms with Crippen LogP contribution in [0.4, 0.5) is 18.9 Å². The van der Waals surface area contributed by atoms with Crippen LogP contribution in [0.2, 0.25) is 0 Å². The average molecular weight is 338 g/mol. The molecule has 128 valence electrons. The third-order valence-corrected chi connectivity index (χ3v) is 4.21. The highest BCUT2D eigenvalue weighted by Gasteiger charge is 2.37. The van der Waals surface area contributed by atoms with Gasteiger partial charge >= 0.3 is 6.18 Å². The molecule has 24 heavy (non-hydrogen) atoms. The number of anilines is 1. The van der Waals surface area contributed by atoms with Crippen molar-refractivity contribution in [1.29, 1.82) is 0 Å². The lowest BCUT2D eigenvalue weighted by Crippen LogP contribution is -2.42. The summed E-state index contributed by atoms with van der Waals surface area (Å²) >= 11 is 0. The van der Waals surface area contributed by atoms with Crippen LogP contribution < -0.4 is 15.2 Å². The molecule has 0 saturated heterocycles. The number of benzene rings is 1. The molecule has 0 fully saturated rings. The lowest BCUT2D eigenvalue weighted by molar-refractivity contribution is -0.136. The van der Waals surface area contributed by atoms with Gasteiger partial charge in [0.05, 0.1) is 28.2 Å². The maximum absolute atomic E-state index is 13.4. The smallest absolute Gasteiger partial charge is 0.417 e. The molecule has 0 spiro atoms. The van der Waals surface area contributed by atoms with Crippen molar-refractivity contribution in [2.75, 3.05) is 18.1 Å². The molecule has 1 aromatic carbocycles. The SMILES string of the molecule is C=CCN1c2ccc3[nH]c(=O)cc(C(F)(F)F)c3c2OC[C@H]1CC. The Kier molecular flexibility index (Phi) is 4.03. The van der Waals surface area contributed by atoms with Crippen LogP contribution in [-0.4, -0.2) is 24.2 Å². The number of ether oxygens (including phenoxy) is 1. The third kappa shape index (κ3) is 2.64. The van der Waals surface area contributed by atoms with E-state index in [1.54, 1.807) is 12.1 Å². The second-order valence-corrected chi connectivity index (χ2v) is 5.70. The average Bonchev–Trinajstić information content (AvgIpc) is 2.53. The molecule has 2 heterocycles. The zero-order chi connectivity index (χ0) is 17.5. The highest BCUT2D eigenvalue weighted by molar-refractivity contribution is 5.94. The zero-order valence-electron chi connectivity index (χ0n) is 13.1. The lowest BCUT2D eigenvalue weighted by atomic mass is 10.0. The fourth-order valence-electron chi connectivity index (χ4n) is 3.10. The monoisotopic (exact) mass is 338 g/mol. The molecular formula is C17H17F3N2O2. The highest BCUT2D eigenvalue weighted by atomic mass is 19.4. The molecule has 2 aromatic rings. The van der Waals surface area contributed by atoms with Crippen LogP contribution in [0.3, 0.4) is 0 Å². The number of fused-ring (bicyclic) bond motifs is 3. The standard InChI is InChI=1S/C17H17F3N2O2/c1-3-7-22-10(4-2)9-24-16-13(22)6-5-12-15(16)11(17(18,19)20)8-14(23)21-12/h3,5-6,8,10H,1,4,7,9H2,2H3,(H,21,23)/t10-/m1/s1. The number of hydrogen-bond acceptors (Lipinski definition) is 3. The van der Waals surface area contributed by atoms with Gasteiger partial charge < -0.3 is 14.6 Å².